The number of aryl methyl sites for hydroxylation is 2. The highest BCUT2D eigenvalue weighted by Gasteiger charge is 2.23. The molecular weight excluding hydrogens is 236 g/mol. The number of aromatic nitrogens is 1. The van der Waals surface area contributed by atoms with E-state index in [1.807, 2.05) is 0 Å². The standard InChI is InChI=1S/C12H18N2O4/c1-6(2)9(12(16)17)5-13-11(15)10-7(3)14-8(4)18-10/h6,9H,5H2,1-4H3,(H,13,15)(H,16,17). The number of oxazole rings is 1. The van der Waals surface area contributed by atoms with Crippen LogP contribution < -0.4 is 5.32 Å². The fourth-order valence-corrected chi connectivity index (χ4v) is 1.63. The van der Waals surface area contributed by atoms with E-state index in [2.05, 4.69) is 10.3 Å². The minimum absolute atomic E-state index is 0.0552. The van der Waals surface area contributed by atoms with Crippen LogP contribution in [0, 0.1) is 25.7 Å². The Morgan fingerprint density at radius 2 is 2.00 bits per heavy atom. The lowest BCUT2D eigenvalue weighted by molar-refractivity contribution is -0.142. The van der Waals surface area contributed by atoms with Crippen LogP contribution >= 0.6 is 0 Å². The Bertz CT molecular complexity index is 451. The molecule has 1 amide bonds. The second kappa shape index (κ2) is 5.66. The molecule has 18 heavy (non-hydrogen) atoms. The smallest absolute Gasteiger partial charge is 0.308 e. The van der Waals surface area contributed by atoms with E-state index in [1.54, 1.807) is 27.7 Å². The Morgan fingerprint density at radius 1 is 1.39 bits per heavy atom. The van der Waals surface area contributed by atoms with Crippen molar-refractivity contribution in [1.82, 2.24) is 10.3 Å². The highest BCUT2D eigenvalue weighted by atomic mass is 16.4. The number of carbonyl (C=O) groups excluding carboxylic acids is 1. The number of aliphatic carboxylic acids is 1. The van der Waals surface area contributed by atoms with Gasteiger partial charge in [-0.1, -0.05) is 13.8 Å². The summed E-state index contributed by atoms with van der Waals surface area (Å²) < 4.78 is 5.16. The van der Waals surface area contributed by atoms with Crippen molar-refractivity contribution in [3.05, 3.63) is 17.3 Å². The van der Waals surface area contributed by atoms with Gasteiger partial charge in [0.25, 0.3) is 5.91 Å². The van der Waals surface area contributed by atoms with Crippen molar-refractivity contribution in [2.45, 2.75) is 27.7 Å². The van der Waals surface area contributed by atoms with E-state index in [1.165, 1.54) is 0 Å². The summed E-state index contributed by atoms with van der Waals surface area (Å²) in [6.45, 7) is 7.00. The van der Waals surface area contributed by atoms with Crippen molar-refractivity contribution in [2.24, 2.45) is 11.8 Å². The van der Waals surface area contributed by atoms with Gasteiger partial charge in [-0.05, 0) is 12.8 Å². The molecule has 0 aliphatic heterocycles. The molecule has 6 heteroatoms. The molecule has 1 aromatic heterocycles. The first-order valence-electron chi connectivity index (χ1n) is 5.78. The monoisotopic (exact) mass is 254 g/mol. The summed E-state index contributed by atoms with van der Waals surface area (Å²) in [5.41, 5.74) is 0.501. The third kappa shape index (κ3) is 3.32. The maximum absolute atomic E-state index is 11.8. The lowest BCUT2D eigenvalue weighted by Crippen LogP contribution is -2.35. The van der Waals surface area contributed by atoms with E-state index in [0.717, 1.165) is 0 Å². The Kier molecular flexibility index (Phi) is 4.47. The molecular formula is C12H18N2O4. The van der Waals surface area contributed by atoms with Gasteiger partial charge in [-0.25, -0.2) is 4.98 Å². The topological polar surface area (TPSA) is 92.4 Å². The molecule has 1 aromatic rings. The van der Waals surface area contributed by atoms with Crippen molar-refractivity contribution in [2.75, 3.05) is 6.54 Å². The summed E-state index contributed by atoms with van der Waals surface area (Å²) in [6, 6.07) is 0. The summed E-state index contributed by atoms with van der Waals surface area (Å²) >= 11 is 0. The minimum atomic E-state index is -0.921. The molecule has 6 nitrogen and oxygen atoms in total. The zero-order valence-electron chi connectivity index (χ0n) is 11.0. The van der Waals surface area contributed by atoms with Gasteiger partial charge in [0.1, 0.15) is 0 Å². The third-order valence-electron chi connectivity index (χ3n) is 2.71. The number of carboxylic acids is 1. The second-order valence-corrected chi connectivity index (χ2v) is 4.55. The number of amides is 1. The molecule has 0 saturated heterocycles. The SMILES string of the molecule is Cc1nc(C)c(C(=O)NCC(C(=O)O)C(C)C)o1. The Balaban J connectivity index is 2.66. The van der Waals surface area contributed by atoms with Crippen LogP contribution in [0.4, 0.5) is 0 Å². The summed E-state index contributed by atoms with van der Waals surface area (Å²) in [4.78, 5) is 26.8. The molecule has 1 heterocycles. The van der Waals surface area contributed by atoms with Gasteiger partial charge in [0.05, 0.1) is 11.6 Å². The zero-order valence-corrected chi connectivity index (χ0v) is 11.0. The van der Waals surface area contributed by atoms with E-state index in [-0.39, 0.29) is 18.2 Å². The summed E-state index contributed by atoms with van der Waals surface area (Å²) in [7, 11) is 0. The van der Waals surface area contributed by atoms with Crippen molar-refractivity contribution in [3.8, 4) is 0 Å². The van der Waals surface area contributed by atoms with Crippen molar-refractivity contribution in [3.63, 3.8) is 0 Å². The number of nitrogens with zero attached hydrogens (tertiary/aromatic N) is 1. The van der Waals surface area contributed by atoms with Crippen LogP contribution in [-0.2, 0) is 4.79 Å². The van der Waals surface area contributed by atoms with E-state index < -0.39 is 17.8 Å². The number of nitrogens with one attached hydrogen (secondary N) is 1. The Hall–Kier alpha value is -1.85. The van der Waals surface area contributed by atoms with Gasteiger partial charge in [0.2, 0.25) is 5.76 Å². The summed E-state index contributed by atoms with van der Waals surface area (Å²) in [5, 5.41) is 11.6. The molecule has 2 N–H and O–H groups in total. The fraction of sp³-hybridized carbons (Fsp3) is 0.583. The van der Waals surface area contributed by atoms with Crippen molar-refractivity contribution < 1.29 is 19.1 Å². The van der Waals surface area contributed by atoms with Crippen molar-refractivity contribution in [1.29, 1.82) is 0 Å². The number of carbonyl (C=O) groups is 2. The molecule has 0 saturated carbocycles. The summed E-state index contributed by atoms with van der Waals surface area (Å²) in [5.74, 6) is -1.47. The number of hydrogen-bond donors (Lipinski definition) is 2. The lowest BCUT2D eigenvalue weighted by atomic mass is 9.96. The van der Waals surface area contributed by atoms with Crippen LogP contribution in [-0.4, -0.2) is 28.5 Å². The highest BCUT2D eigenvalue weighted by molar-refractivity contribution is 5.92. The average molecular weight is 254 g/mol. The third-order valence-corrected chi connectivity index (χ3v) is 2.71. The quantitative estimate of drug-likeness (QED) is 0.828. The van der Waals surface area contributed by atoms with Crippen LogP contribution in [0.1, 0.15) is 36.0 Å². The van der Waals surface area contributed by atoms with Crippen LogP contribution in [0.3, 0.4) is 0 Å². The molecule has 0 bridgehead atoms. The number of carboxylic acid groups (broad SMARTS) is 1. The molecule has 0 fully saturated rings. The van der Waals surface area contributed by atoms with E-state index in [9.17, 15) is 9.59 Å². The van der Waals surface area contributed by atoms with Gasteiger partial charge >= 0.3 is 5.97 Å². The van der Waals surface area contributed by atoms with Gasteiger partial charge in [-0.2, -0.15) is 0 Å². The zero-order chi connectivity index (χ0) is 13.9. The Morgan fingerprint density at radius 3 is 2.39 bits per heavy atom. The second-order valence-electron chi connectivity index (χ2n) is 4.55. The Labute approximate surface area is 105 Å². The fourth-order valence-electron chi connectivity index (χ4n) is 1.63. The van der Waals surface area contributed by atoms with Gasteiger partial charge in [-0.15, -0.1) is 0 Å². The molecule has 0 spiro atoms. The lowest BCUT2D eigenvalue weighted by Gasteiger charge is -2.16. The van der Waals surface area contributed by atoms with Crippen molar-refractivity contribution >= 4 is 11.9 Å². The molecule has 100 valence electrons. The molecule has 0 aromatic carbocycles. The predicted octanol–water partition coefficient (Wildman–Crippen LogP) is 1.38. The molecule has 1 atom stereocenters. The van der Waals surface area contributed by atoms with Gasteiger partial charge in [-0.3, -0.25) is 9.59 Å². The largest absolute Gasteiger partial charge is 0.481 e. The van der Waals surface area contributed by atoms with Crippen LogP contribution in [0.25, 0.3) is 0 Å². The number of rotatable bonds is 5. The molecule has 0 radical (unpaired) electrons. The van der Waals surface area contributed by atoms with E-state index >= 15 is 0 Å². The first kappa shape index (κ1) is 14.2. The average Bonchev–Trinajstić information content (AvgIpc) is 2.56. The van der Waals surface area contributed by atoms with E-state index in [0.29, 0.717) is 11.6 Å². The molecule has 1 unspecified atom stereocenters. The van der Waals surface area contributed by atoms with Crippen LogP contribution in [0.5, 0.6) is 0 Å². The first-order chi connectivity index (χ1) is 8.32. The summed E-state index contributed by atoms with van der Waals surface area (Å²) in [6.07, 6.45) is 0. The maximum Gasteiger partial charge on any atom is 0.308 e. The molecule has 0 aliphatic carbocycles. The molecule has 0 aliphatic rings. The van der Waals surface area contributed by atoms with Gasteiger partial charge in [0.15, 0.2) is 5.89 Å². The van der Waals surface area contributed by atoms with Gasteiger partial charge < -0.3 is 14.8 Å². The first-order valence-corrected chi connectivity index (χ1v) is 5.78. The van der Waals surface area contributed by atoms with Crippen LogP contribution in [0.15, 0.2) is 4.42 Å². The maximum atomic E-state index is 11.8. The minimum Gasteiger partial charge on any atom is -0.481 e. The predicted molar refractivity (Wildman–Crippen MR) is 64.3 cm³/mol. The normalized spacial score (nSPS) is 12.5. The van der Waals surface area contributed by atoms with Gasteiger partial charge in [0, 0.05) is 13.5 Å². The molecule has 1 rings (SSSR count). The van der Waals surface area contributed by atoms with Crippen LogP contribution in [0.2, 0.25) is 0 Å². The van der Waals surface area contributed by atoms with E-state index in [4.69, 9.17) is 9.52 Å². The highest BCUT2D eigenvalue weighted by Crippen LogP contribution is 2.12. The number of hydrogen-bond acceptors (Lipinski definition) is 4.